The molecule has 0 saturated heterocycles. The van der Waals surface area contributed by atoms with Crippen LogP contribution in [0.25, 0.3) is 11.4 Å². The van der Waals surface area contributed by atoms with E-state index in [1.807, 2.05) is 24.3 Å². The molecule has 0 amide bonds. The largest absolute Gasteiger partial charge is 0.497 e. The van der Waals surface area contributed by atoms with E-state index in [-0.39, 0.29) is 12.3 Å². The molecule has 0 bridgehead atoms. The van der Waals surface area contributed by atoms with E-state index in [9.17, 15) is 4.79 Å². The number of halogens is 1. The third kappa shape index (κ3) is 5.79. The van der Waals surface area contributed by atoms with Gasteiger partial charge in [-0.3, -0.25) is 0 Å². The van der Waals surface area contributed by atoms with Crippen molar-refractivity contribution in [3.05, 3.63) is 65.0 Å². The van der Waals surface area contributed by atoms with Crippen LogP contribution in [-0.2, 0) is 16.1 Å². The van der Waals surface area contributed by atoms with Crippen LogP contribution < -0.4 is 10.5 Å². The van der Waals surface area contributed by atoms with E-state index in [1.165, 1.54) is 0 Å². The number of carbonyl (C=O) groups excluding carboxylic acids is 1. The van der Waals surface area contributed by atoms with E-state index in [0.717, 1.165) is 11.3 Å². The molecule has 0 aliphatic rings. The summed E-state index contributed by atoms with van der Waals surface area (Å²) in [6.07, 6.45) is 1.05. The third-order valence-corrected chi connectivity index (χ3v) is 4.23. The second kappa shape index (κ2) is 9.70. The van der Waals surface area contributed by atoms with Gasteiger partial charge in [0.05, 0.1) is 7.11 Å². The monoisotopic (exact) mass is 414 g/mol. The minimum atomic E-state index is -0.503. The van der Waals surface area contributed by atoms with Crippen LogP contribution in [-0.4, -0.2) is 29.1 Å². The Bertz CT molecular complexity index is 984. The average Bonchev–Trinajstić information content (AvgIpc) is 3.21. The normalized spacial score (nSPS) is 11.3. The van der Waals surface area contributed by atoms with E-state index < -0.39 is 5.97 Å². The number of hydrogen-bond acceptors (Lipinski definition) is 7. The number of aryl methyl sites for hydroxylation is 1. The van der Waals surface area contributed by atoms with Crippen LogP contribution >= 0.6 is 11.6 Å². The highest BCUT2D eigenvalue weighted by atomic mass is 35.5. The molecule has 150 valence electrons. The van der Waals surface area contributed by atoms with Crippen molar-refractivity contribution in [1.29, 1.82) is 0 Å². The number of carbonyl (C=O) groups is 1. The Morgan fingerprint density at radius 2 is 1.90 bits per heavy atom. The van der Waals surface area contributed by atoms with Crippen LogP contribution in [0.1, 0.15) is 24.3 Å². The van der Waals surface area contributed by atoms with Crippen LogP contribution in [0.2, 0.25) is 5.02 Å². The van der Waals surface area contributed by atoms with E-state index in [4.69, 9.17) is 31.4 Å². The van der Waals surface area contributed by atoms with Gasteiger partial charge in [0.25, 0.3) is 0 Å². The SMILES string of the molecule is COc1ccc(-c2noc(CCCC(=O)O/N=C(/N)c3ccc(Cl)cc3)n2)cc1. The Hall–Kier alpha value is -3.39. The number of methoxy groups -OCH3 is 1. The zero-order valence-electron chi connectivity index (χ0n) is 15.7. The molecule has 0 aliphatic heterocycles. The Labute approximate surface area is 172 Å². The van der Waals surface area contributed by atoms with Crippen LogP contribution in [0, 0.1) is 0 Å². The quantitative estimate of drug-likeness (QED) is 0.259. The lowest BCUT2D eigenvalue weighted by atomic mass is 10.2. The van der Waals surface area contributed by atoms with E-state index in [0.29, 0.717) is 35.1 Å². The second-order valence-corrected chi connectivity index (χ2v) is 6.48. The highest BCUT2D eigenvalue weighted by Crippen LogP contribution is 2.20. The second-order valence-electron chi connectivity index (χ2n) is 6.04. The topological polar surface area (TPSA) is 113 Å². The molecular formula is C20H19ClN4O4. The average molecular weight is 415 g/mol. The van der Waals surface area contributed by atoms with Crippen molar-refractivity contribution in [2.24, 2.45) is 10.9 Å². The van der Waals surface area contributed by atoms with Crippen molar-refractivity contribution < 1.29 is 18.9 Å². The number of rotatable bonds is 8. The van der Waals surface area contributed by atoms with E-state index in [1.54, 1.807) is 31.4 Å². The van der Waals surface area contributed by atoms with Crippen molar-refractivity contribution >= 4 is 23.4 Å². The molecule has 2 N–H and O–H groups in total. The molecule has 0 saturated carbocycles. The van der Waals surface area contributed by atoms with Crippen LogP contribution in [0.15, 0.2) is 58.2 Å². The van der Waals surface area contributed by atoms with Gasteiger partial charge < -0.3 is 19.8 Å². The van der Waals surface area contributed by atoms with Gasteiger partial charge in [0, 0.05) is 29.0 Å². The Morgan fingerprint density at radius 1 is 1.17 bits per heavy atom. The van der Waals surface area contributed by atoms with Crippen molar-refractivity contribution in [2.45, 2.75) is 19.3 Å². The summed E-state index contributed by atoms with van der Waals surface area (Å²) in [5.74, 6) is 1.25. The van der Waals surface area contributed by atoms with Gasteiger partial charge in [-0.25, -0.2) is 4.79 Å². The predicted molar refractivity (Wildman–Crippen MR) is 107 cm³/mol. The molecule has 0 fully saturated rings. The predicted octanol–water partition coefficient (Wildman–Crippen LogP) is 3.59. The first kappa shape index (κ1) is 20.3. The minimum absolute atomic E-state index is 0.0936. The van der Waals surface area contributed by atoms with Crippen LogP contribution in [0.3, 0.4) is 0 Å². The summed E-state index contributed by atoms with van der Waals surface area (Å²) in [5, 5.41) is 8.17. The summed E-state index contributed by atoms with van der Waals surface area (Å²) in [6.45, 7) is 0. The summed E-state index contributed by atoms with van der Waals surface area (Å²) in [7, 11) is 1.60. The lowest BCUT2D eigenvalue weighted by molar-refractivity contribution is -0.143. The number of nitrogens with zero attached hydrogens (tertiary/aromatic N) is 3. The van der Waals surface area contributed by atoms with Crippen molar-refractivity contribution in [1.82, 2.24) is 10.1 Å². The highest BCUT2D eigenvalue weighted by Gasteiger charge is 2.11. The molecular weight excluding hydrogens is 396 g/mol. The Balaban J connectivity index is 1.46. The van der Waals surface area contributed by atoms with Gasteiger partial charge in [-0.05, 0) is 55.0 Å². The van der Waals surface area contributed by atoms with Gasteiger partial charge in [-0.2, -0.15) is 4.98 Å². The van der Waals surface area contributed by atoms with Gasteiger partial charge in [0.1, 0.15) is 5.75 Å². The van der Waals surface area contributed by atoms with Crippen molar-refractivity contribution in [2.75, 3.05) is 7.11 Å². The lowest BCUT2D eigenvalue weighted by Crippen LogP contribution is -2.15. The van der Waals surface area contributed by atoms with E-state index >= 15 is 0 Å². The van der Waals surface area contributed by atoms with Gasteiger partial charge in [0.2, 0.25) is 11.7 Å². The molecule has 0 atom stereocenters. The molecule has 2 aromatic carbocycles. The summed E-state index contributed by atoms with van der Waals surface area (Å²) in [5.41, 5.74) is 7.20. The molecule has 0 spiro atoms. The Morgan fingerprint density at radius 3 is 2.59 bits per heavy atom. The number of oxime groups is 1. The van der Waals surface area contributed by atoms with Gasteiger partial charge in [0.15, 0.2) is 5.84 Å². The molecule has 0 unspecified atom stereocenters. The first-order valence-corrected chi connectivity index (χ1v) is 9.19. The third-order valence-electron chi connectivity index (χ3n) is 3.97. The van der Waals surface area contributed by atoms with Gasteiger partial charge in [-0.1, -0.05) is 21.9 Å². The number of ether oxygens (including phenoxy) is 1. The zero-order valence-corrected chi connectivity index (χ0v) is 16.4. The van der Waals surface area contributed by atoms with Gasteiger partial charge >= 0.3 is 5.97 Å². The molecule has 0 aliphatic carbocycles. The Kier molecular flexibility index (Phi) is 6.80. The fourth-order valence-electron chi connectivity index (χ4n) is 2.42. The van der Waals surface area contributed by atoms with Crippen LogP contribution in [0.5, 0.6) is 5.75 Å². The molecule has 0 radical (unpaired) electrons. The highest BCUT2D eigenvalue weighted by molar-refractivity contribution is 6.30. The number of benzene rings is 2. The number of hydrogen-bond donors (Lipinski definition) is 1. The molecule has 1 aromatic heterocycles. The van der Waals surface area contributed by atoms with Gasteiger partial charge in [-0.15, -0.1) is 0 Å². The van der Waals surface area contributed by atoms with Crippen LogP contribution in [0.4, 0.5) is 0 Å². The van der Waals surface area contributed by atoms with Crippen molar-refractivity contribution in [3.63, 3.8) is 0 Å². The smallest absolute Gasteiger partial charge is 0.335 e. The minimum Gasteiger partial charge on any atom is -0.497 e. The maximum atomic E-state index is 11.8. The number of nitrogens with two attached hydrogens (primary N) is 1. The number of aromatic nitrogens is 2. The summed E-state index contributed by atoms with van der Waals surface area (Å²) in [4.78, 5) is 21.0. The first-order chi connectivity index (χ1) is 14.0. The molecule has 8 nitrogen and oxygen atoms in total. The number of amidine groups is 1. The molecule has 3 rings (SSSR count). The maximum Gasteiger partial charge on any atom is 0.335 e. The molecule has 3 aromatic rings. The van der Waals surface area contributed by atoms with Crippen molar-refractivity contribution in [3.8, 4) is 17.1 Å². The maximum absolute atomic E-state index is 11.8. The first-order valence-electron chi connectivity index (χ1n) is 8.81. The zero-order chi connectivity index (χ0) is 20.6. The standard InChI is InChI=1S/C20H19ClN4O4/c1-27-16-11-7-14(8-12-16)20-23-17(28-25-20)3-2-4-18(26)29-24-19(22)13-5-9-15(21)10-6-13/h5-12H,2-4H2,1H3,(H2,22,24). The molecule has 29 heavy (non-hydrogen) atoms. The summed E-state index contributed by atoms with van der Waals surface area (Å²) < 4.78 is 10.3. The van der Waals surface area contributed by atoms with E-state index in [2.05, 4.69) is 15.3 Å². The lowest BCUT2D eigenvalue weighted by Gasteiger charge is -2.01. The molecule has 1 heterocycles. The fraction of sp³-hybridized carbons (Fsp3) is 0.200. The fourth-order valence-corrected chi connectivity index (χ4v) is 2.54. The molecule has 9 heteroatoms. The summed E-state index contributed by atoms with van der Waals surface area (Å²) in [6, 6.07) is 14.0. The summed E-state index contributed by atoms with van der Waals surface area (Å²) >= 11 is 5.81.